The first-order valence-electron chi connectivity index (χ1n) is 8.85. The lowest BCUT2D eigenvalue weighted by Crippen LogP contribution is -2.45. The molecule has 2 amide bonds. The topological polar surface area (TPSA) is 96.5 Å². The van der Waals surface area contributed by atoms with E-state index in [1.165, 1.54) is 9.80 Å². The van der Waals surface area contributed by atoms with Crippen molar-refractivity contribution in [1.82, 2.24) is 14.1 Å². The third kappa shape index (κ3) is 7.70. The first kappa shape index (κ1) is 26.2. The molecule has 0 unspecified atom stereocenters. The minimum atomic E-state index is -5.67. The standard InChI is InChI=1S/C15H28F3N3O6S/c1-5-19(6-2)13(22)26-11-9-21(28(24,25)15(16,17)18)10-12-27-14(23)20(7-3)8-4/h5-12H2,1-4H3. The van der Waals surface area contributed by atoms with Gasteiger partial charge in [0, 0.05) is 39.3 Å². The van der Waals surface area contributed by atoms with Gasteiger partial charge in [-0.1, -0.05) is 0 Å². The van der Waals surface area contributed by atoms with Gasteiger partial charge < -0.3 is 19.3 Å². The van der Waals surface area contributed by atoms with Crippen LogP contribution in [0.1, 0.15) is 27.7 Å². The molecule has 9 nitrogen and oxygen atoms in total. The van der Waals surface area contributed by atoms with Crippen LogP contribution in [0.3, 0.4) is 0 Å². The van der Waals surface area contributed by atoms with Crippen molar-refractivity contribution in [2.24, 2.45) is 0 Å². The van der Waals surface area contributed by atoms with Crippen molar-refractivity contribution < 1.29 is 40.7 Å². The molecule has 166 valence electrons. The van der Waals surface area contributed by atoms with Gasteiger partial charge in [-0.15, -0.1) is 0 Å². The van der Waals surface area contributed by atoms with Crippen LogP contribution < -0.4 is 0 Å². The zero-order valence-electron chi connectivity index (χ0n) is 16.5. The van der Waals surface area contributed by atoms with Gasteiger partial charge in [0.25, 0.3) is 0 Å². The summed E-state index contributed by atoms with van der Waals surface area (Å²) >= 11 is 0. The number of halogens is 3. The molecule has 0 radical (unpaired) electrons. The van der Waals surface area contributed by atoms with E-state index in [1.807, 2.05) is 0 Å². The predicted molar refractivity (Wildman–Crippen MR) is 95.1 cm³/mol. The Morgan fingerprint density at radius 2 is 1.11 bits per heavy atom. The minimum Gasteiger partial charge on any atom is -0.448 e. The molecule has 0 N–H and O–H groups in total. The minimum absolute atomic E-state index is 0.0814. The number of carbonyl (C=O) groups is 2. The van der Waals surface area contributed by atoms with Crippen molar-refractivity contribution in [1.29, 1.82) is 0 Å². The number of amides is 2. The molecule has 0 saturated carbocycles. The Balaban J connectivity index is 4.96. The summed E-state index contributed by atoms with van der Waals surface area (Å²) in [6, 6.07) is 0. The second-order valence-electron chi connectivity index (χ2n) is 5.42. The Labute approximate surface area is 163 Å². The Morgan fingerprint density at radius 3 is 1.36 bits per heavy atom. The summed E-state index contributed by atoms with van der Waals surface area (Å²) < 4.78 is 71.7. The third-order valence-electron chi connectivity index (χ3n) is 3.81. The van der Waals surface area contributed by atoms with E-state index in [2.05, 4.69) is 0 Å². The van der Waals surface area contributed by atoms with Crippen molar-refractivity contribution in [2.75, 3.05) is 52.5 Å². The zero-order valence-corrected chi connectivity index (χ0v) is 17.3. The van der Waals surface area contributed by atoms with E-state index in [-0.39, 0.29) is 4.31 Å². The van der Waals surface area contributed by atoms with E-state index in [9.17, 15) is 31.2 Å². The summed E-state index contributed by atoms with van der Waals surface area (Å²) in [4.78, 5) is 26.0. The maximum Gasteiger partial charge on any atom is 0.511 e. The highest BCUT2D eigenvalue weighted by molar-refractivity contribution is 7.90. The number of hydrogen-bond acceptors (Lipinski definition) is 6. The summed E-state index contributed by atoms with van der Waals surface area (Å²) in [6.45, 7) is 5.50. The first-order chi connectivity index (χ1) is 13.0. The van der Waals surface area contributed by atoms with Crippen molar-refractivity contribution in [3.63, 3.8) is 0 Å². The van der Waals surface area contributed by atoms with Crippen molar-refractivity contribution in [3.05, 3.63) is 0 Å². The highest BCUT2D eigenvalue weighted by atomic mass is 32.2. The van der Waals surface area contributed by atoms with Crippen molar-refractivity contribution in [2.45, 2.75) is 33.2 Å². The van der Waals surface area contributed by atoms with Gasteiger partial charge in [-0.2, -0.15) is 17.5 Å². The summed E-state index contributed by atoms with van der Waals surface area (Å²) in [5.74, 6) is 0. The Kier molecular flexibility index (Phi) is 11.2. The molecule has 0 spiro atoms. The molecule has 0 bridgehead atoms. The second kappa shape index (κ2) is 11.9. The molecule has 0 aromatic rings. The lowest BCUT2D eigenvalue weighted by molar-refractivity contribution is -0.0495. The fourth-order valence-electron chi connectivity index (χ4n) is 2.11. The largest absolute Gasteiger partial charge is 0.511 e. The number of carbonyl (C=O) groups excluding carboxylic acids is 2. The molecular weight excluding hydrogens is 407 g/mol. The molecule has 0 rings (SSSR count). The number of alkyl halides is 3. The maximum absolute atomic E-state index is 12.9. The van der Waals surface area contributed by atoms with Crippen LogP contribution in [0, 0.1) is 0 Å². The summed E-state index contributed by atoms with van der Waals surface area (Å²) in [5, 5.41) is 0. The van der Waals surface area contributed by atoms with E-state index < -0.39 is 54.0 Å². The van der Waals surface area contributed by atoms with Crippen LogP contribution in [0.15, 0.2) is 0 Å². The van der Waals surface area contributed by atoms with E-state index in [0.29, 0.717) is 26.2 Å². The number of ether oxygens (including phenoxy) is 2. The highest BCUT2D eigenvalue weighted by Gasteiger charge is 2.49. The van der Waals surface area contributed by atoms with Crippen LogP contribution in [0.2, 0.25) is 0 Å². The third-order valence-corrected chi connectivity index (χ3v) is 5.44. The molecule has 0 aromatic heterocycles. The van der Waals surface area contributed by atoms with Crippen LogP contribution in [0.25, 0.3) is 0 Å². The van der Waals surface area contributed by atoms with Crippen LogP contribution >= 0.6 is 0 Å². The lowest BCUT2D eigenvalue weighted by Gasteiger charge is -2.25. The number of nitrogens with zero attached hydrogens (tertiary/aromatic N) is 3. The maximum atomic E-state index is 12.9. The van der Waals surface area contributed by atoms with Gasteiger partial charge in [0.05, 0.1) is 0 Å². The lowest BCUT2D eigenvalue weighted by atomic mass is 10.5. The first-order valence-corrected chi connectivity index (χ1v) is 10.3. The molecule has 0 atom stereocenters. The molecule has 0 aliphatic rings. The molecule has 0 aliphatic carbocycles. The fourth-order valence-corrected chi connectivity index (χ4v) is 3.04. The normalized spacial score (nSPS) is 12.0. The fraction of sp³-hybridized carbons (Fsp3) is 0.867. The summed E-state index contributed by atoms with van der Waals surface area (Å²) in [5.41, 5.74) is -5.53. The molecule has 0 aromatic carbocycles. The van der Waals surface area contributed by atoms with Crippen LogP contribution in [0.4, 0.5) is 22.8 Å². The Morgan fingerprint density at radius 1 is 0.786 bits per heavy atom. The van der Waals surface area contributed by atoms with Gasteiger partial charge in [-0.05, 0) is 27.7 Å². The van der Waals surface area contributed by atoms with E-state index >= 15 is 0 Å². The summed E-state index contributed by atoms with van der Waals surface area (Å²) in [6.07, 6.45) is -1.52. The average molecular weight is 435 g/mol. The van der Waals surface area contributed by atoms with Crippen molar-refractivity contribution in [3.8, 4) is 0 Å². The van der Waals surface area contributed by atoms with Gasteiger partial charge in [-0.25, -0.2) is 18.0 Å². The summed E-state index contributed by atoms with van der Waals surface area (Å²) in [7, 11) is -5.67. The van der Waals surface area contributed by atoms with Gasteiger partial charge in [0.15, 0.2) is 0 Å². The quantitative estimate of drug-likeness (QED) is 0.493. The predicted octanol–water partition coefficient (Wildman–Crippen LogP) is 2.09. The van der Waals surface area contributed by atoms with Crippen LogP contribution in [-0.4, -0.2) is 92.7 Å². The van der Waals surface area contributed by atoms with E-state index in [4.69, 9.17) is 9.47 Å². The van der Waals surface area contributed by atoms with Crippen molar-refractivity contribution >= 4 is 22.2 Å². The number of rotatable bonds is 11. The Hall–Kier alpha value is -1.76. The molecular formula is C15H28F3N3O6S. The SMILES string of the molecule is CCN(CC)C(=O)OCCN(CCOC(=O)N(CC)CC)S(=O)(=O)C(F)(F)F. The second-order valence-corrected chi connectivity index (χ2v) is 7.35. The molecule has 0 fully saturated rings. The molecule has 0 aliphatic heterocycles. The zero-order chi connectivity index (χ0) is 22.0. The highest BCUT2D eigenvalue weighted by Crippen LogP contribution is 2.26. The van der Waals surface area contributed by atoms with Crippen LogP contribution in [0.5, 0.6) is 0 Å². The number of sulfonamides is 1. The van der Waals surface area contributed by atoms with Gasteiger partial charge in [0.1, 0.15) is 13.2 Å². The molecule has 0 saturated heterocycles. The average Bonchev–Trinajstić information content (AvgIpc) is 2.61. The number of hydrogen-bond donors (Lipinski definition) is 0. The smallest absolute Gasteiger partial charge is 0.448 e. The molecule has 28 heavy (non-hydrogen) atoms. The Bertz CT molecular complexity index is 562. The molecule has 13 heteroatoms. The van der Waals surface area contributed by atoms with Gasteiger partial charge in [-0.3, -0.25) is 0 Å². The monoisotopic (exact) mass is 435 g/mol. The van der Waals surface area contributed by atoms with Gasteiger partial charge in [0.2, 0.25) is 0 Å². The van der Waals surface area contributed by atoms with Gasteiger partial charge >= 0.3 is 27.7 Å². The molecule has 0 heterocycles. The van der Waals surface area contributed by atoms with E-state index in [1.54, 1.807) is 27.7 Å². The van der Waals surface area contributed by atoms with Crippen LogP contribution in [-0.2, 0) is 19.5 Å². The van der Waals surface area contributed by atoms with E-state index in [0.717, 1.165) is 0 Å².